The van der Waals surface area contributed by atoms with E-state index in [1.807, 2.05) is 28.9 Å². The lowest BCUT2D eigenvalue weighted by Gasteiger charge is -2.33. The molecule has 0 radical (unpaired) electrons. The van der Waals surface area contributed by atoms with Gasteiger partial charge in [-0.1, -0.05) is 24.3 Å². The van der Waals surface area contributed by atoms with Crippen LogP contribution >= 0.6 is 0 Å². The fraction of sp³-hybridized carbons (Fsp3) is 0.400. The monoisotopic (exact) mass is 589 g/mol. The average molecular weight is 589 g/mol. The van der Waals surface area contributed by atoms with Crippen LogP contribution in [0.2, 0.25) is 0 Å². The highest BCUT2D eigenvalue weighted by molar-refractivity contribution is 5.81. The van der Waals surface area contributed by atoms with Gasteiger partial charge in [0.05, 0.1) is 16.9 Å². The molecule has 16 heteroatoms. The Morgan fingerprint density at radius 3 is 2.12 bits per heavy atom. The highest BCUT2D eigenvalue weighted by Crippen LogP contribution is 2.28. The third-order valence-electron chi connectivity index (χ3n) is 5.96. The Morgan fingerprint density at radius 2 is 1.54 bits per heavy atom. The summed E-state index contributed by atoms with van der Waals surface area (Å²) in [4.78, 5) is 37.6. The van der Waals surface area contributed by atoms with Crippen molar-refractivity contribution in [1.29, 1.82) is 0 Å². The lowest BCUT2D eigenvalue weighted by atomic mass is 10.1. The Kier molecular flexibility index (Phi) is 9.91. The first-order valence-corrected chi connectivity index (χ1v) is 12.1. The number of carbonyl (C=O) groups excluding carboxylic acids is 1. The number of carbonyl (C=O) groups is 3. The lowest BCUT2D eigenvalue weighted by molar-refractivity contribution is -0.193. The molecule has 1 amide bonds. The minimum atomic E-state index is -5.08. The van der Waals surface area contributed by atoms with Crippen molar-refractivity contribution in [2.24, 2.45) is 5.92 Å². The van der Waals surface area contributed by atoms with Crippen molar-refractivity contribution in [2.75, 3.05) is 13.1 Å². The summed E-state index contributed by atoms with van der Waals surface area (Å²) in [6.45, 7) is 2.95. The molecule has 0 saturated heterocycles. The van der Waals surface area contributed by atoms with Crippen LogP contribution in [0, 0.1) is 5.92 Å². The summed E-state index contributed by atoms with van der Waals surface area (Å²) in [5, 5.41) is 22.9. The molecule has 5 rings (SSSR count). The first-order valence-electron chi connectivity index (χ1n) is 12.1. The number of aromatic nitrogens is 3. The molecule has 1 aromatic carbocycles. The number of aliphatic carboxylic acids is 2. The Labute approximate surface area is 228 Å². The molecule has 41 heavy (non-hydrogen) atoms. The van der Waals surface area contributed by atoms with Crippen molar-refractivity contribution < 1.29 is 50.9 Å². The fourth-order valence-corrected chi connectivity index (χ4v) is 3.79. The van der Waals surface area contributed by atoms with Crippen molar-refractivity contribution in [3.8, 4) is 0 Å². The van der Waals surface area contributed by atoms with Crippen LogP contribution in [0.3, 0.4) is 0 Å². The molecule has 3 aromatic rings. The highest BCUT2D eigenvalue weighted by Gasteiger charge is 2.39. The van der Waals surface area contributed by atoms with Gasteiger partial charge in [0, 0.05) is 37.8 Å². The number of fused-ring (bicyclic) bond motifs is 2. The molecule has 0 bridgehead atoms. The van der Waals surface area contributed by atoms with E-state index in [9.17, 15) is 31.1 Å². The smallest absolute Gasteiger partial charge is 0.475 e. The van der Waals surface area contributed by atoms with Crippen LogP contribution in [-0.2, 0) is 27.5 Å². The second kappa shape index (κ2) is 13.0. The first kappa shape index (κ1) is 31.3. The molecule has 1 fully saturated rings. The summed E-state index contributed by atoms with van der Waals surface area (Å²) in [5.74, 6) is -4.77. The van der Waals surface area contributed by atoms with E-state index in [0.29, 0.717) is 12.5 Å². The zero-order chi connectivity index (χ0) is 30.4. The third kappa shape index (κ3) is 9.44. The molecule has 1 aliphatic heterocycles. The number of hydrogen-bond donors (Lipinski definition) is 3. The number of carboxylic acids is 2. The van der Waals surface area contributed by atoms with Gasteiger partial charge in [-0.15, -0.1) is 0 Å². The quantitative estimate of drug-likeness (QED) is 0.383. The van der Waals surface area contributed by atoms with Gasteiger partial charge in [0.15, 0.2) is 0 Å². The molecular formula is C25H25F6N5O5. The summed E-state index contributed by atoms with van der Waals surface area (Å²) < 4.78 is 65.4. The minimum absolute atomic E-state index is 0.0722. The number of para-hydroxylation sites is 1. The number of benzene rings is 1. The predicted octanol–water partition coefficient (Wildman–Crippen LogP) is 3.78. The van der Waals surface area contributed by atoms with Crippen LogP contribution < -0.4 is 5.32 Å². The Bertz CT molecular complexity index is 1350. The third-order valence-corrected chi connectivity index (χ3v) is 5.96. The maximum Gasteiger partial charge on any atom is 0.490 e. The lowest BCUT2D eigenvalue weighted by Crippen LogP contribution is -2.45. The second-order valence-corrected chi connectivity index (χ2v) is 9.24. The maximum absolute atomic E-state index is 12.7. The van der Waals surface area contributed by atoms with Gasteiger partial charge in [-0.3, -0.25) is 19.4 Å². The number of alkyl halides is 6. The van der Waals surface area contributed by atoms with Gasteiger partial charge in [0.25, 0.3) is 0 Å². The fourth-order valence-electron chi connectivity index (χ4n) is 3.79. The molecule has 1 atom stereocenters. The van der Waals surface area contributed by atoms with Gasteiger partial charge >= 0.3 is 24.3 Å². The summed E-state index contributed by atoms with van der Waals surface area (Å²) >= 11 is 0. The Morgan fingerprint density at radius 1 is 0.927 bits per heavy atom. The molecule has 3 N–H and O–H groups in total. The van der Waals surface area contributed by atoms with Gasteiger partial charge in [-0.25, -0.2) is 9.59 Å². The van der Waals surface area contributed by atoms with E-state index in [1.165, 1.54) is 12.8 Å². The van der Waals surface area contributed by atoms with Gasteiger partial charge in [0.1, 0.15) is 6.04 Å². The first-order chi connectivity index (χ1) is 19.1. The maximum atomic E-state index is 12.7. The van der Waals surface area contributed by atoms with Crippen LogP contribution in [0.25, 0.3) is 10.9 Å². The van der Waals surface area contributed by atoms with Crippen molar-refractivity contribution in [3.63, 3.8) is 0 Å². The largest absolute Gasteiger partial charge is 0.490 e. The summed E-state index contributed by atoms with van der Waals surface area (Å²) in [7, 11) is 0. The van der Waals surface area contributed by atoms with E-state index in [4.69, 9.17) is 24.8 Å². The standard InChI is InChI=1S/C21H23N5O.2C2HF3O2/c27-21(22-11-15-5-6-15)20-14-25(13-18-9-10-23-26(18)20)12-17-8-7-16-3-1-2-4-19(16)24-17;2*3-2(4,5)1(6)7/h1-4,7-10,15,20H,5-6,11-14H2,(H,22,27);2*(H,6,7). The van der Waals surface area contributed by atoms with Crippen molar-refractivity contribution in [2.45, 2.75) is 44.3 Å². The van der Waals surface area contributed by atoms with Gasteiger partial charge in [0.2, 0.25) is 5.91 Å². The summed E-state index contributed by atoms with van der Waals surface area (Å²) in [6.07, 6.45) is -5.91. The van der Waals surface area contributed by atoms with Crippen molar-refractivity contribution in [3.05, 3.63) is 60.0 Å². The number of amides is 1. The molecule has 2 aromatic heterocycles. The number of nitrogens with zero attached hydrogens (tertiary/aromatic N) is 4. The van der Waals surface area contributed by atoms with E-state index < -0.39 is 24.3 Å². The molecule has 0 spiro atoms. The Balaban J connectivity index is 0.000000276. The van der Waals surface area contributed by atoms with Crippen LogP contribution in [-0.4, -0.2) is 73.2 Å². The average Bonchev–Trinajstić information content (AvgIpc) is 3.61. The minimum Gasteiger partial charge on any atom is -0.475 e. The zero-order valence-electron chi connectivity index (χ0n) is 21.2. The van der Waals surface area contributed by atoms with Crippen LogP contribution in [0.15, 0.2) is 48.7 Å². The van der Waals surface area contributed by atoms with E-state index >= 15 is 0 Å². The molecule has 1 aliphatic carbocycles. The Hall–Kier alpha value is -4.21. The van der Waals surface area contributed by atoms with Crippen molar-refractivity contribution >= 4 is 28.7 Å². The van der Waals surface area contributed by atoms with Gasteiger partial charge in [-0.05, 0) is 37.0 Å². The second-order valence-electron chi connectivity index (χ2n) is 9.24. The number of halogens is 6. The molecule has 10 nitrogen and oxygen atoms in total. The molecule has 2 aliphatic rings. The van der Waals surface area contributed by atoms with Crippen LogP contribution in [0.4, 0.5) is 26.3 Å². The molecular weight excluding hydrogens is 564 g/mol. The van der Waals surface area contributed by atoms with Crippen LogP contribution in [0.1, 0.15) is 30.3 Å². The number of rotatable bonds is 5. The van der Waals surface area contributed by atoms with E-state index in [1.54, 1.807) is 6.20 Å². The highest BCUT2D eigenvalue weighted by atomic mass is 19.4. The SMILES string of the molecule is O=C(NCC1CC1)C1CN(Cc2ccc3ccccc3n2)Cc2ccnn21.O=C(O)C(F)(F)F.O=C(O)C(F)(F)F. The van der Waals surface area contributed by atoms with E-state index in [2.05, 4.69) is 33.5 Å². The number of pyridine rings is 1. The van der Waals surface area contributed by atoms with E-state index in [-0.39, 0.29) is 11.9 Å². The van der Waals surface area contributed by atoms with Gasteiger partial charge < -0.3 is 15.5 Å². The predicted molar refractivity (Wildman–Crippen MR) is 130 cm³/mol. The summed E-state index contributed by atoms with van der Waals surface area (Å²) in [5.41, 5.74) is 3.11. The van der Waals surface area contributed by atoms with Gasteiger partial charge in [-0.2, -0.15) is 31.4 Å². The molecule has 1 unspecified atom stereocenters. The summed E-state index contributed by atoms with van der Waals surface area (Å²) in [6, 6.07) is 14.1. The number of carboxylic acid groups (broad SMARTS) is 2. The topological polar surface area (TPSA) is 138 Å². The van der Waals surface area contributed by atoms with Crippen LogP contribution in [0.5, 0.6) is 0 Å². The molecule has 1 saturated carbocycles. The molecule has 3 heterocycles. The molecule has 222 valence electrons. The number of hydrogen-bond acceptors (Lipinski definition) is 6. The van der Waals surface area contributed by atoms with E-state index in [0.717, 1.165) is 41.9 Å². The van der Waals surface area contributed by atoms with Crippen molar-refractivity contribution in [1.82, 2.24) is 25.0 Å². The number of nitrogens with one attached hydrogen (secondary N) is 1. The normalized spacial score (nSPS) is 16.9. The zero-order valence-corrected chi connectivity index (χ0v) is 21.2.